The summed E-state index contributed by atoms with van der Waals surface area (Å²) >= 11 is 0. The fourth-order valence-corrected chi connectivity index (χ4v) is 6.62. The number of rotatable bonds is 1. The third kappa shape index (κ3) is 1.42. The number of allylic oxidation sites excluding steroid dienone is 1. The first-order chi connectivity index (χ1) is 11.0. The normalized spacial score (nSPS) is 54.3. The van der Waals surface area contributed by atoms with Crippen LogP contribution in [-0.2, 0) is 14.3 Å². The minimum absolute atomic E-state index is 0.0263. The maximum Gasteiger partial charge on any atom is 0.184 e. The molecule has 7 unspecified atom stereocenters. The van der Waals surface area contributed by atoms with Crippen LogP contribution in [0.15, 0.2) is 12.2 Å². The summed E-state index contributed by atoms with van der Waals surface area (Å²) in [7, 11) is 0. The number of aliphatic hydroxyl groups is 1. The second-order valence-electron chi connectivity index (χ2n) is 7.95. The maximum absolute atomic E-state index is 12.6. The van der Waals surface area contributed by atoms with Crippen molar-refractivity contribution in [3.05, 3.63) is 12.2 Å². The van der Waals surface area contributed by atoms with Crippen molar-refractivity contribution in [2.45, 2.75) is 56.5 Å². The fourth-order valence-electron chi connectivity index (χ4n) is 6.62. The van der Waals surface area contributed by atoms with Gasteiger partial charge in [-0.05, 0) is 44.3 Å². The van der Waals surface area contributed by atoms with E-state index in [0.29, 0.717) is 12.8 Å². The number of piperidine rings is 1. The van der Waals surface area contributed by atoms with Crippen LogP contribution in [0.2, 0.25) is 0 Å². The third-order valence-corrected chi connectivity index (χ3v) is 7.48. The first kappa shape index (κ1) is 14.3. The number of hydrogen-bond acceptors (Lipinski definition) is 5. The Morgan fingerprint density at radius 2 is 2.22 bits per heavy atom. The van der Waals surface area contributed by atoms with Crippen LogP contribution in [0.5, 0.6) is 0 Å². The molecule has 1 N–H and O–H groups in total. The molecule has 5 heteroatoms. The number of hydrogen-bond donors (Lipinski definition) is 1. The Morgan fingerprint density at radius 3 is 3.00 bits per heavy atom. The van der Waals surface area contributed by atoms with Crippen LogP contribution in [0.4, 0.5) is 0 Å². The Kier molecular flexibility index (Phi) is 2.69. The van der Waals surface area contributed by atoms with Crippen molar-refractivity contribution in [1.29, 1.82) is 0 Å². The Labute approximate surface area is 135 Å². The predicted molar refractivity (Wildman–Crippen MR) is 81.7 cm³/mol. The van der Waals surface area contributed by atoms with Gasteiger partial charge in [-0.1, -0.05) is 13.0 Å². The molecule has 0 aromatic rings. The molecule has 7 atom stereocenters. The summed E-state index contributed by atoms with van der Waals surface area (Å²) in [5, 5.41) is 11.8. The minimum atomic E-state index is -0.902. The van der Waals surface area contributed by atoms with Crippen molar-refractivity contribution < 1.29 is 19.4 Å². The Hall–Kier alpha value is -1.04. The van der Waals surface area contributed by atoms with Gasteiger partial charge in [-0.2, -0.15) is 0 Å². The summed E-state index contributed by atoms with van der Waals surface area (Å²) in [6.45, 7) is 3.92. The summed E-state index contributed by atoms with van der Waals surface area (Å²) in [4.78, 5) is 27.3. The SMILES string of the molecule is CCN1CCC23C4OC5C(=O)C=CC(CC1C2(O)CCC4=O)C53. The molecule has 2 saturated carbocycles. The molecule has 0 aromatic carbocycles. The van der Waals surface area contributed by atoms with Gasteiger partial charge in [0.1, 0.15) is 12.2 Å². The minimum Gasteiger partial charge on any atom is -0.388 e. The van der Waals surface area contributed by atoms with Crippen molar-refractivity contribution in [1.82, 2.24) is 4.90 Å². The lowest BCUT2D eigenvalue weighted by atomic mass is 9.43. The van der Waals surface area contributed by atoms with Crippen LogP contribution in [0.1, 0.15) is 32.6 Å². The van der Waals surface area contributed by atoms with E-state index in [2.05, 4.69) is 11.8 Å². The largest absolute Gasteiger partial charge is 0.388 e. The lowest BCUT2D eigenvalue weighted by molar-refractivity contribution is -0.243. The number of ether oxygens (including phenoxy) is 1. The van der Waals surface area contributed by atoms with E-state index < -0.39 is 23.2 Å². The van der Waals surface area contributed by atoms with Crippen LogP contribution in [0.25, 0.3) is 0 Å². The second-order valence-corrected chi connectivity index (χ2v) is 7.95. The van der Waals surface area contributed by atoms with Crippen LogP contribution in [0.3, 0.4) is 0 Å². The molecule has 1 spiro atoms. The Balaban J connectivity index is 1.73. The fraction of sp³-hybridized carbons (Fsp3) is 0.778. The number of ketones is 2. The van der Waals surface area contributed by atoms with E-state index in [1.54, 1.807) is 6.08 Å². The van der Waals surface area contributed by atoms with E-state index in [0.717, 1.165) is 25.9 Å². The van der Waals surface area contributed by atoms with Gasteiger partial charge in [-0.15, -0.1) is 0 Å². The van der Waals surface area contributed by atoms with Crippen molar-refractivity contribution in [2.24, 2.45) is 17.3 Å². The molecule has 2 heterocycles. The quantitative estimate of drug-likeness (QED) is 0.771. The van der Waals surface area contributed by atoms with Crippen LogP contribution in [-0.4, -0.2) is 58.5 Å². The summed E-state index contributed by atoms with van der Waals surface area (Å²) in [5.74, 6) is 0.255. The van der Waals surface area contributed by atoms with Crippen molar-refractivity contribution >= 4 is 11.6 Å². The highest BCUT2D eigenvalue weighted by Crippen LogP contribution is 2.67. The van der Waals surface area contributed by atoms with Gasteiger partial charge in [0.05, 0.1) is 5.60 Å². The summed E-state index contributed by atoms with van der Waals surface area (Å²) in [6.07, 6.45) is 5.03. The van der Waals surface area contributed by atoms with Gasteiger partial charge >= 0.3 is 0 Å². The van der Waals surface area contributed by atoms with Gasteiger partial charge in [0.2, 0.25) is 0 Å². The smallest absolute Gasteiger partial charge is 0.184 e. The number of carbonyl (C=O) groups excluding carboxylic acids is 2. The van der Waals surface area contributed by atoms with Crippen LogP contribution >= 0.6 is 0 Å². The van der Waals surface area contributed by atoms with Gasteiger partial charge < -0.3 is 9.84 Å². The molecule has 124 valence electrons. The Morgan fingerprint density at radius 1 is 1.39 bits per heavy atom. The molecule has 0 amide bonds. The predicted octanol–water partition coefficient (Wildman–Crippen LogP) is 0.703. The number of carbonyl (C=O) groups is 2. The van der Waals surface area contributed by atoms with E-state index in [-0.39, 0.29) is 29.4 Å². The average Bonchev–Trinajstić information content (AvgIpc) is 2.89. The molecular formula is C18H23NO4. The molecule has 0 radical (unpaired) electrons. The van der Waals surface area contributed by atoms with Crippen LogP contribution in [0, 0.1) is 17.3 Å². The monoisotopic (exact) mass is 317 g/mol. The van der Waals surface area contributed by atoms with E-state index >= 15 is 0 Å². The van der Waals surface area contributed by atoms with Gasteiger partial charge in [-0.25, -0.2) is 0 Å². The standard InChI is InChI=1S/C18H23NO4/c1-2-19-8-7-17-14-10-3-4-11(20)15(14)23-16(17)12(21)5-6-18(17,22)13(19)9-10/h3-4,10,13-16,22H,2,5-9H2,1H3. The van der Waals surface area contributed by atoms with Crippen molar-refractivity contribution in [3.63, 3.8) is 0 Å². The lowest BCUT2D eigenvalue weighted by Gasteiger charge is -2.66. The number of likely N-dealkylation sites (N-methyl/N-ethyl adjacent to an activating group) is 1. The summed E-state index contributed by atoms with van der Waals surface area (Å²) in [5.41, 5.74) is -1.46. The van der Waals surface area contributed by atoms with E-state index in [9.17, 15) is 14.7 Å². The Bertz CT molecular complexity index is 631. The number of Topliss-reactive ketones (excluding diaryl/α,β-unsaturated/α-hetero) is 1. The topological polar surface area (TPSA) is 66.8 Å². The first-order valence-electron chi connectivity index (χ1n) is 8.89. The average molecular weight is 317 g/mol. The summed E-state index contributed by atoms with van der Waals surface area (Å²) < 4.78 is 6.06. The zero-order chi connectivity index (χ0) is 16.0. The third-order valence-electron chi connectivity index (χ3n) is 7.48. The molecule has 2 aliphatic heterocycles. The molecule has 5 rings (SSSR count). The zero-order valence-corrected chi connectivity index (χ0v) is 13.4. The highest BCUT2D eigenvalue weighted by molar-refractivity contribution is 5.97. The van der Waals surface area contributed by atoms with E-state index in [4.69, 9.17) is 4.74 Å². The van der Waals surface area contributed by atoms with Gasteiger partial charge in [0.25, 0.3) is 0 Å². The maximum atomic E-state index is 12.6. The molecule has 23 heavy (non-hydrogen) atoms. The summed E-state index contributed by atoms with van der Waals surface area (Å²) in [6, 6.07) is 0.0679. The van der Waals surface area contributed by atoms with Gasteiger partial charge in [0.15, 0.2) is 11.6 Å². The first-order valence-corrected chi connectivity index (χ1v) is 8.89. The van der Waals surface area contributed by atoms with Gasteiger partial charge in [-0.3, -0.25) is 14.5 Å². The van der Waals surface area contributed by atoms with Crippen molar-refractivity contribution in [2.75, 3.05) is 13.1 Å². The second kappa shape index (κ2) is 4.32. The molecule has 2 saturated heterocycles. The molecule has 4 fully saturated rings. The highest BCUT2D eigenvalue weighted by Gasteiger charge is 2.77. The van der Waals surface area contributed by atoms with Crippen LogP contribution < -0.4 is 0 Å². The number of likely N-dealkylation sites (tertiary alicyclic amines) is 1. The molecule has 5 nitrogen and oxygen atoms in total. The van der Waals surface area contributed by atoms with Crippen molar-refractivity contribution in [3.8, 4) is 0 Å². The molecule has 3 aliphatic carbocycles. The van der Waals surface area contributed by atoms with E-state index in [1.807, 2.05) is 6.08 Å². The van der Waals surface area contributed by atoms with Gasteiger partial charge in [0, 0.05) is 23.8 Å². The lowest BCUT2D eigenvalue weighted by Crippen LogP contribution is -2.77. The molecule has 0 aromatic heterocycles. The molecule has 2 bridgehead atoms. The highest BCUT2D eigenvalue weighted by atomic mass is 16.5. The van der Waals surface area contributed by atoms with E-state index in [1.165, 1.54) is 0 Å². The molecular weight excluding hydrogens is 294 g/mol. The number of nitrogens with zero attached hydrogens (tertiary/aromatic N) is 1. The zero-order valence-electron chi connectivity index (χ0n) is 13.4. The molecule has 5 aliphatic rings.